The zero-order chi connectivity index (χ0) is 13.6. The first-order chi connectivity index (χ1) is 9.05. The van der Waals surface area contributed by atoms with Crippen molar-refractivity contribution < 1.29 is 19.4 Å². The number of hydrogen-bond donors (Lipinski definition) is 2. The van der Waals surface area contributed by atoms with Gasteiger partial charge in [0.05, 0.1) is 18.4 Å². The minimum Gasteiger partial charge on any atom is -0.495 e. The smallest absolute Gasteiger partial charge is 0.335 e. The highest BCUT2D eigenvalue weighted by Crippen LogP contribution is 2.70. The summed E-state index contributed by atoms with van der Waals surface area (Å²) in [6, 6.07) is 4.44. The number of carbonyl (C=O) groups excluding carboxylic acids is 1. The lowest BCUT2D eigenvalue weighted by Crippen LogP contribution is -2.15. The molecule has 0 radical (unpaired) electrons. The first-order valence-electron chi connectivity index (χ1n) is 6.28. The lowest BCUT2D eigenvalue weighted by Gasteiger charge is -2.10. The van der Waals surface area contributed by atoms with E-state index in [1.165, 1.54) is 19.2 Å². The molecule has 5 nitrogen and oxygen atoms in total. The second-order valence-corrected chi connectivity index (χ2v) is 5.33. The lowest BCUT2D eigenvalue weighted by atomic mass is 10.2. The number of rotatable bonds is 4. The number of nitrogens with one attached hydrogen (secondary N) is 1. The third-order valence-corrected chi connectivity index (χ3v) is 4.10. The fourth-order valence-electron chi connectivity index (χ4n) is 2.58. The van der Waals surface area contributed by atoms with E-state index in [1.54, 1.807) is 6.07 Å². The van der Waals surface area contributed by atoms with Crippen molar-refractivity contribution in [2.24, 2.45) is 11.3 Å². The maximum Gasteiger partial charge on any atom is 0.335 e. The van der Waals surface area contributed by atoms with Gasteiger partial charge in [-0.2, -0.15) is 0 Å². The van der Waals surface area contributed by atoms with E-state index in [9.17, 15) is 9.59 Å². The van der Waals surface area contributed by atoms with Crippen LogP contribution < -0.4 is 10.1 Å². The summed E-state index contributed by atoms with van der Waals surface area (Å²) in [7, 11) is 1.45. The Morgan fingerprint density at radius 1 is 1.42 bits per heavy atom. The van der Waals surface area contributed by atoms with E-state index in [4.69, 9.17) is 9.84 Å². The fourth-order valence-corrected chi connectivity index (χ4v) is 2.58. The van der Waals surface area contributed by atoms with E-state index in [0.717, 1.165) is 19.3 Å². The summed E-state index contributed by atoms with van der Waals surface area (Å²) in [5.74, 6) is -0.510. The summed E-state index contributed by atoms with van der Waals surface area (Å²) < 4.78 is 5.13. The SMILES string of the molecule is COc1cc(C(=O)O)ccc1NC(=O)C1CC12CC2. The van der Waals surface area contributed by atoms with Crippen LogP contribution in [0.4, 0.5) is 5.69 Å². The Hall–Kier alpha value is -2.04. The second-order valence-electron chi connectivity index (χ2n) is 5.33. The molecule has 1 amide bonds. The second kappa shape index (κ2) is 3.98. The molecule has 2 aliphatic rings. The molecule has 0 saturated heterocycles. The number of hydrogen-bond acceptors (Lipinski definition) is 3. The van der Waals surface area contributed by atoms with Gasteiger partial charge in [-0.3, -0.25) is 4.79 Å². The van der Waals surface area contributed by atoms with Crippen molar-refractivity contribution in [3.63, 3.8) is 0 Å². The minimum atomic E-state index is -1.02. The molecule has 1 aromatic carbocycles. The topological polar surface area (TPSA) is 75.6 Å². The van der Waals surface area contributed by atoms with Gasteiger partial charge in [0.2, 0.25) is 5.91 Å². The molecule has 0 aromatic heterocycles. The number of ether oxygens (including phenoxy) is 1. The van der Waals surface area contributed by atoms with Crippen molar-refractivity contribution >= 4 is 17.6 Å². The summed E-state index contributed by atoms with van der Waals surface area (Å²) in [6.45, 7) is 0. The molecular formula is C14H15NO4. The van der Waals surface area contributed by atoms with Gasteiger partial charge >= 0.3 is 5.97 Å². The minimum absolute atomic E-state index is 0.0128. The number of carboxylic acids is 1. The van der Waals surface area contributed by atoms with Crippen molar-refractivity contribution in [1.82, 2.24) is 0 Å². The summed E-state index contributed by atoms with van der Waals surface area (Å²) in [4.78, 5) is 22.9. The van der Waals surface area contributed by atoms with Crippen LogP contribution in [0.5, 0.6) is 5.75 Å². The molecule has 1 aromatic rings. The maximum atomic E-state index is 12.0. The van der Waals surface area contributed by atoms with Crippen LogP contribution in [0.25, 0.3) is 0 Å². The number of carboxylic acid groups (broad SMARTS) is 1. The van der Waals surface area contributed by atoms with E-state index in [1.807, 2.05) is 0 Å². The summed E-state index contributed by atoms with van der Waals surface area (Å²) >= 11 is 0. The number of aromatic carboxylic acids is 1. The Bertz CT molecular complexity index is 563. The molecule has 2 fully saturated rings. The van der Waals surface area contributed by atoms with Crippen LogP contribution in [-0.2, 0) is 4.79 Å². The fraction of sp³-hybridized carbons (Fsp3) is 0.429. The van der Waals surface area contributed by atoms with Crippen LogP contribution in [0.1, 0.15) is 29.6 Å². The van der Waals surface area contributed by atoms with Crippen LogP contribution in [0.2, 0.25) is 0 Å². The van der Waals surface area contributed by atoms with E-state index in [0.29, 0.717) is 16.9 Å². The molecule has 1 atom stereocenters. The maximum absolute atomic E-state index is 12.0. The first kappa shape index (κ1) is 12.0. The van der Waals surface area contributed by atoms with Crippen molar-refractivity contribution in [3.8, 4) is 5.75 Å². The molecule has 2 N–H and O–H groups in total. The third-order valence-electron chi connectivity index (χ3n) is 4.10. The van der Waals surface area contributed by atoms with Gasteiger partial charge in [-0.05, 0) is 42.9 Å². The van der Waals surface area contributed by atoms with Gasteiger partial charge in [-0.15, -0.1) is 0 Å². The van der Waals surface area contributed by atoms with Crippen molar-refractivity contribution in [2.75, 3.05) is 12.4 Å². The van der Waals surface area contributed by atoms with Gasteiger partial charge in [0.25, 0.3) is 0 Å². The summed E-state index contributed by atoms with van der Waals surface area (Å²) in [6.07, 6.45) is 3.29. The predicted molar refractivity (Wildman–Crippen MR) is 68.4 cm³/mol. The van der Waals surface area contributed by atoms with Crippen LogP contribution in [0.3, 0.4) is 0 Å². The Labute approximate surface area is 110 Å². The molecule has 19 heavy (non-hydrogen) atoms. The van der Waals surface area contributed by atoms with Crippen LogP contribution >= 0.6 is 0 Å². The van der Waals surface area contributed by atoms with Gasteiger partial charge in [-0.25, -0.2) is 4.79 Å². The molecule has 0 aliphatic heterocycles. The Morgan fingerprint density at radius 2 is 2.16 bits per heavy atom. The van der Waals surface area contributed by atoms with E-state index >= 15 is 0 Å². The van der Waals surface area contributed by atoms with Gasteiger partial charge in [0.1, 0.15) is 5.75 Å². The zero-order valence-electron chi connectivity index (χ0n) is 10.6. The molecule has 0 heterocycles. The summed E-state index contributed by atoms with van der Waals surface area (Å²) in [5, 5.41) is 11.7. The average Bonchev–Trinajstić information content (AvgIpc) is 3.30. The quantitative estimate of drug-likeness (QED) is 0.870. The molecule has 2 saturated carbocycles. The average molecular weight is 261 g/mol. The normalized spacial score (nSPS) is 21.8. The molecular weight excluding hydrogens is 246 g/mol. The van der Waals surface area contributed by atoms with E-state index in [2.05, 4.69) is 5.32 Å². The lowest BCUT2D eigenvalue weighted by molar-refractivity contribution is -0.117. The summed E-state index contributed by atoms with van der Waals surface area (Å²) in [5.41, 5.74) is 0.971. The Kier molecular flexibility index (Phi) is 2.52. The number of methoxy groups -OCH3 is 1. The Morgan fingerprint density at radius 3 is 2.68 bits per heavy atom. The van der Waals surface area contributed by atoms with Gasteiger partial charge < -0.3 is 15.2 Å². The molecule has 2 aliphatic carbocycles. The highest BCUT2D eigenvalue weighted by atomic mass is 16.5. The molecule has 0 bridgehead atoms. The van der Waals surface area contributed by atoms with Crippen molar-refractivity contribution in [3.05, 3.63) is 23.8 Å². The van der Waals surface area contributed by atoms with E-state index < -0.39 is 5.97 Å². The standard InChI is InChI=1S/C14H15NO4/c1-19-11-6-8(13(17)18)2-3-10(11)15-12(16)9-7-14(9)4-5-14/h2-3,6,9H,4-5,7H2,1H3,(H,15,16)(H,17,18). The number of amides is 1. The van der Waals surface area contributed by atoms with Crippen molar-refractivity contribution in [1.29, 1.82) is 0 Å². The molecule has 1 spiro atoms. The number of benzene rings is 1. The largest absolute Gasteiger partial charge is 0.495 e. The van der Waals surface area contributed by atoms with Gasteiger partial charge in [-0.1, -0.05) is 0 Å². The molecule has 3 rings (SSSR count). The molecule has 100 valence electrons. The number of anilines is 1. The van der Waals surface area contributed by atoms with Crippen LogP contribution in [0.15, 0.2) is 18.2 Å². The first-order valence-corrected chi connectivity index (χ1v) is 6.28. The highest BCUT2D eigenvalue weighted by molar-refractivity contribution is 5.97. The predicted octanol–water partition coefficient (Wildman–Crippen LogP) is 2.13. The third kappa shape index (κ3) is 2.05. The van der Waals surface area contributed by atoms with Crippen LogP contribution in [0, 0.1) is 11.3 Å². The monoisotopic (exact) mass is 261 g/mol. The van der Waals surface area contributed by atoms with Crippen LogP contribution in [-0.4, -0.2) is 24.1 Å². The van der Waals surface area contributed by atoms with Crippen molar-refractivity contribution in [2.45, 2.75) is 19.3 Å². The van der Waals surface area contributed by atoms with Gasteiger partial charge in [0.15, 0.2) is 0 Å². The molecule has 5 heteroatoms. The highest BCUT2D eigenvalue weighted by Gasteiger charge is 2.65. The number of carbonyl (C=O) groups is 2. The van der Waals surface area contributed by atoms with Gasteiger partial charge in [0, 0.05) is 5.92 Å². The Balaban J connectivity index is 1.76. The van der Waals surface area contributed by atoms with E-state index in [-0.39, 0.29) is 17.4 Å². The zero-order valence-corrected chi connectivity index (χ0v) is 10.6. The molecule has 1 unspecified atom stereocenters.